The molecule has 1 spiro atoms. The molecule has 25 fully saturated rings. The van der Waals surface area contributed by atoms with Gasteiger partial charge in [0, 0.05) is 59.8 Å². The first kappa shape index (κ1) is 87.4. The molecule has 22 aliphatic carbocycles. The van der Waals surface area contributed by atoms with Gasteiger partial charge in [-0.25, -0.2) is 0 Å². The summed E-state index contributed by atoms with van der Waals surface area (Å²) in [4.78, 5) is 12.0. The topological polar surface area (TPSA) is 9.72 Å². The molecule has 0 aromatic heterocycles. The smallest absolute Gasteiger partial charge is 0.156 e. The van der Waals surface area contributed by atoms with Gasteiger partial charge in [-0.3, -0.25) is 14.7 Å². The summed E-state index contributed by atoms with van der Waals surface area (Å²) in [6.07, 6.45) is 94.5. The minimum atomic E-state index is 0.422. The molecule has 0 radical (unpaired) electrons. The molecule has 0 aromatic rings. The quantitative estimate of drug-likeness (QED) is 0.191. The number of likely N-dealkylation sites (tertiary alicyclic amines) is 1. The highest BCUT2D eigenvalue weighted by atomic mass is 15.4. The van der Waals surface area contributed by atoms with Crippen LogP contribution in [0.15, 0.2) is 0 Å². The Morgan fingerprint density at radius 2 is 0.500 bits per heavy atom. The fraction of sp³-hybridized carbons (Fsp3) is 1.00. The van der Waals surface area contributed by atoms with Gasteiger partial charge in [0.1, 0.15) is 0 Å². The van der Waals surface area contributed by atoms with Gasteiger partial charge in [0.2, 0.25) is 0 Å². The summed E-state index contributed by atoms with van der Waals surface area (Å²) in [5.74, 6) is 36.7. The van der Waals surface area contributed by atoms with Crippen LogP contribution in [0, 0.1) is 228 Å². The van der Waals surface area contributed by atoms with Crippen molar-refractivity contribution in [3.63, 3.8) is 0 Å². The maximum atomic E-state index is 4.16. The predicted molar refractivity (Wildman–Crippen MR) is 528 cm³/mol. The Hall–Kier alpha value is -0.0551. The summed E-state index contributed by atoms with van der Waals surface area (Å²) in [5.41, 5.74) is 2.50. The first-order chi connectivity index (χ1) is 61.0. The summed E-state index contributed by atoms with van der Waals surface area (Å²) in [6, 6.07) is 7.77. The van der Waals surface area contributed by atoms with E-state index in [0.29, 0.717) is 21.7 Å². The fourth-order valence-corrected chi connectivity index (χ4v) is 47.2. The number of hydrogen-bond donors (Lipinski definition) is 0. The first-order valence-electron chi connectivity index (χ1n) is 60.3. The average Bonchev–Trinajstić information content (AvgIpc) is 0.616. The Balaban J connectivity index is 0.685. The second kappa shape index (κ2) is 33.6. The lowest BCUT2D eigenvalue weighted by atomic mass is 9.18. The van der Waals surface area contributed by atoms with Crippen molar-refractivity contribution in [2.24, 2.45) is 228 Å². The number of nitrogens with zero attached hydrogens (tertiary/aromatic N) is 3. The Morgan fingerprint density at radius 3 is 0.825 bits per heavy atom. The molecule has 0 bridgehead atoms. The normalized spacial score (nSPS) is 53.0. The van der Waals surface area contributed by atoms with Crippen LogP contribution in [-0.4, -0.2) is 75.8 Å². The van der Waals surface area contributed by atoms with E-state index in [1.807, 2.05) is 0 Å². The van der Waals surface area contributed by atoms with Gasteiger partial charge in [-0.15, -0.1) is 0 Å². The van der Waals surface area contributed by atoms with Gasteiger partial charge >= 0.3 is 0 Å². The van der Waals surface area contributed by atoms with E-state index >= 15 is 0 Å². The van der Waals surface area contributed by atoms with Crippen LogP contribution in [0.4, 0.5) is 0 Å². The fourth-order valence-electron chi connectivity index (χ4n) is 47.2. The van der Waals surface area contributed by atoms with Crippen molar-refractivity contribution >= 4 is 6.71 Å². The summed E-state index contributed by atoms with van der Waals surface area (Å²) in [6.45, 7) is 33.9. The molecule has 4 heteroatoms. The Labute approximate surface area is 778 Å². The maximum absolute atomic E-state index is 4.16. The number of fused-ring (bicyclic) bond motifs is 4. The van der Waals surface area contributed by atoms with Crippen LogP contribution in [0.5, 0.6) is 0 Å². The third-order valence-electron chi connectivity index (χ3n) is 52.3. The van der Waals surface area contributed by atoms with Crippen molar-refractivity contribution < 1.29 is 0 Å². The van der Waals surface area contributed by atoms with E-state index in [9.17, 15) is 0 Å². The van der Waals surface area contributed by atoms with Crippen LogP contribution < -0.4 is 0 Å². The Bertz CT molecular complexity index is 3440. The SMILES string of the molecule is CC(C)(C)C1CC2CCC3CC(C(C)(C)C)CC4C(C5CCC6B7C8CCC(C9CC%10CC(C(C)(C)C)CC%11CCC%12CC(C(C)(C)C)CC9C%12C%11%10)CC8N(C8C(C9CCCCC9)CC(C9CCCCC9)CC8C8CCCCC8)C8CC(N9C%10CC%11CC%12CC9C%11%12%10)CC(C78)N(C7C(C8CCCCC8)CC(C8CCCCC8)CC7C7CCCCC7)C6C5)CC(C1)C2C34. The number of hydrogen-bond acceptors (Lipinski definition) is 3. The Morgan fingerprint density at radius 1 is 0.206 bits per heavy atom. The molecule has 34 atom stereocenters. The minimum absolute atomic E-state index is 0.422. The highest BCUT2D eigenvalue weighted by Crippen LogP contribution is 2.84. The highest BCUT2D eigenvalue weighted by Gasteiger charge is 2.85. The molecule has 3 aliphatic heterocycles. The van der Waals surface area contributed by atoms with E-state index < -0.39 is 0 Å². The van der Waals surface area contributed by atoms with Crippen LogP contribution in [-0.2, 0) is 0 Å². The molecular weight excluding hydrogens is 1520 g/mol. The lowest BCUT2D eigenvalue weighted by Gasteiger charge is -2.90. The maximum Gasteiger partial charge on any atom is 0.156 e. The van der Waals surface area contributed by atoms with E-state index in [0.717, 1.165) is 285 Å². The molecule has 3 nitrogen and oxygen atoms in total. The zero-order valence-electron chi connectivity index (χ0n) is 84.7. The summed E-state index contributed by atoms with van der Waals surface area (Å²) in [5, 5.41) is 0. The van der Waals surface area contributed by atoms with Gasteiger partial charge in [-0.1, -0.05) is 301 Å². The molecule has 126 heavy (non-hydrogen) atoms. The van der Waals surface area contributed by atoms with Crippen molar-refractivity contribution in [3.8, 4) is 0 Å². The predicted octanol–water partition coefficient (Wildman–Crippen LogP) is 32.3. The standard InChI is InChI=1S/C122H200BN3/c1-118(2,3)88-51-80-43-45-82-53-90(120(7,8)9)66-101-95(61-86(55-88)111(80)113(82)101)78-47-49-103-105(63-78)125(116-97(74-35-23-15-24-36-74)57-84(72-31-19-13-20-32-72)58-98(116)75-37-25-16-26-38-75)107-70-94(124-109-68-92-65-93-69-110(124)122(92,93)109)71-108-115(107)123(103)104-50-48-79(96-62-87-56-89(119(4,5)6)52-81-44-46-83-54-91(121(10,11)12)67-102(96)114(83)112(81)87)64-106(104)126(108)117-99(76-39-27-17-28-40-76)59-85(73-33-21-14-22-34-73)60-100(117)77-41-29-18-30-42-77/h72-117H,13-71H2,1-12H3. The van der Waals surface area contributed by atoms with Gasteiger partial charge in [-0.2, -0.15) is 0 Å². The van der Waals surface area contributed by atoms with Gasteiger partial charge in [0.15, 0.2) is 6.71 Å². The van der Waals surface area contributed by atoms with Gasteiger partial charge in [-0.05, 0) is 401 Å². The van der Waals surface area contributed by atoms with Crippen molar-refractivity contribution in [1.82, 2.24) is 14.7 Å². The lowest BCUT2D eigenvalue weighted by Crippen LogP contribution is -2.94. The molecule has 0 N–H and O–H groups in total. The molecule has 25 rings (SSSR count). The van der Waals surface area contributed by atoms with Crippen molar-refractivity contribution in [2.75, 3.05) is 0 Å². The van der Waals surface area contributed by atoms with Crippen LogP contribution >= 0.6 is 0 Å². The molecular formula is C122H200BN3. The average molecular weight is 1720 g/mol. The highest BCUT2D eigenvalue weighted by molar-refractivity contribution is 6.65. The molecule has 22 saturated carbocycles. The number of rotatable bonds is 11. The zero-order chi connectivity index (χ0) is 85.1. The van der Waals surface area contributed by atoms with Crippen molar-refractivity contribution in [1.29, 1.82) is 0 Å². The van der Waals surface area contributed by atoms with Gasteiger partial charge in [0.25, 0.3) is 0 Å². The summed E-state index contributed by atoms with van der Waals surface area (Å²) in [7, 11) is 0. The molecule has 25 aliphatic rings. The van der Waals surface area contributed by atoms with Crippen LogP contribution in [0.3, 0.4) is 0 Å². The summed E-state index contributed by atoms with van der Waals surface area (Å²) < 4.78 is 0. The third kappa shape index (κ3) is 14.5. The van der Waals surface area contributed by atoms with Crippen LogP contribution in [0.25, 0.3) is 0 Å². The molecule has 0 aromatic carbocycles. The van der Waals surface area contributed by atoms with Crippen molar-refractivity contribution in [3.05, 3.63) is 0 Å². The van der Waals surface area contributed by atoms with Crippen LogP contribution in [0.2, 0.25) is 17.5 Å². The lowest BCUT2D eigenvalue weighted by molar-refractivity contribution is -0.408. The molecule has 3 saturated heterocycles. The molecule has 34 unspecified atom stereocenters. The third-order valence-corrected chi connectivity index (χ3v) is 52.3. The summed E-state index contributed by atoms with van der Waals surface area (Å²) >= 11 is 0. The minimum Gasteiger partial charge on any atom is -0.295 e. The van der Waals surface area contributed by atoms with Gasteiger partial charge in [0.05, 0.1) is 0 Å². The largest absolute Gasteiger partial charge is 0.295 e. The second-order valence-corrected chi connectivity index (χ2v) is 60.3. The molecule has 3 heterocycles. The second-order valence-electron chi connectivity index (χ2n) is 60.3. The van der Waals surface area contributed by atoms with E-state index in [4.69, 9.17) is 0 Å². The monoisotopic (exact) mass is 1720 g/mol. The molecule has 0 amide bonds. The molecule has 706 valence electrons. The van der Waals surface area contributed by atoms with E-state index in [-0.39, 0.29) is 0 Å². The van der Waals surface area contributed by atoms with Crippen LogP contribution in [0.1, 0.15) is 462 Å². The van der Waals surface area contributed by atoms with E-state index in [1.54, 1.807) is 379 Å². The van der Waals surface area contributed by atoms with Crippen molar-refractivity contribution in [2.45, 2.75) is 534 Å². The number of piperidine rings is 2. The van der Waals surface area contributed by atoms with E-state index in [1.165, 1.54) is 0 Å². The first-order valence-corrected chi connectivity index (χ1v) is 60.3. The van der Waals surface area contributed by atoms with E-state index in [2.05, 4.69) is 97.8 Å². The Kier molecular flexibility index (Phi) is 23.3. The van der Waals surface area contributed by atoms with Gasteiger partial charge < -0.3 is 0 Å². The zero-order valence-corrected chi connectivity index (χ0v) is 84.7.